The number of alkyl halides is 3. The predicted molar refractivity (Wildman–Crippen MR) is 91.9 cm³/mol. The Balaban J connectivity index is 2.22. The summed E-state index contributed by atoms with van der Waals surface area (Å²) in [5.41, 5.74) is 3.07. The first kappa shape index (κ1) is 17.3. The monoisotopic (exact) mass is 338 g/mol. The standard InChI is InChI=1S/C17H17F3N2S/c1-10-8-11(2)15(12(3)9-10)22-16(23)21-14-7-5-4-6-13(14)17(18,19)20/h4-9H,1-3H3,(H2,21,22,23). The Kier molecular flexibility index (Phi) is 4.94. The molecule has 0 saturated carbocycles. The Hall–Kier alpha value is -2.08. The molecule has 0 unspecified atom stereocenters. The maximum atomic E-state index is 13.0. The Labute approximate surface area is 138 Å². The zero-order chi connectivity index (χ0) is 17.2. The van der Waals surface area contributed by atoms with Gasteiger partial charge in [0.2, 0.25) is 0 Å². The molecule has 2 aromatic carbocycles. The molecule has 0 radical (unpaired) electrons. The highest BCUT2D eigenvalue weighted by atomic mass is 32.1. The van der Waals surface area contributed by atoms with Gasteiger partial charge in [-0.25, -0.2) is 0 Å². The highest BCUT2D eigenvalue weighted by Gasteiger charge is 2.33. The number of halogens is 3. The molecule has 2 aromatic rings. The molecule has 0 aliphatic rings. The summed E-state index contributed by atoms with van der Waals surface area (Å²) in [5.74, 6) is 0. The molecular formula is C17H17F3N2S. The van der Waals surface area contributed by atoms with E-state index in [-0.39, 0.29) is 10.8 Å². The van der Waals surface area contributed by atoms with Crippen LogP contribution in [0.3, 0.4) is 0 Å². The molecule has 0 aromatic heterocycles. The second-order valence-electron chi connectivity index (χ2n) is 5.40. The van der Waals surface area contributed by atoms with Crippen molar-refractivity contribution in [1.82, 2.24) is 0 Å². The molecule has 2 rings (SSSR count). The minimum Gasteiger partial charge on any atom is -0.332 e. The molecule has 2 N–H and O–H groups in total. The largest absolute Gasteiger partial charge is 0.418 e. The number of para-hydroxylation sites is 1. The van der Waals surface area contributed by atoms with E-state index in [4.69, 9.17) is 12.2 Å². The van der Waals surface area contributed by atoms with E-state index < -0.39 is 11.7 Å². The average Bonchev–Trinajstić information content (AvgIpc) is 2.42. The summed E-state index contributed by atoms with van der Waals surface area (Å²) in [6.07, 6.45) is -4.44. The summed E-state index contributed by atoms with van der Waals surface area (Å²) in [7, 11) is 0. The lowest BCUT2D eigenvalue weighted by Gasteiger charge is -2.18. The van der Waals surface area contributed by atoms with Crippen molar-refractivity contribution < 1.29 is 13.2 Å². The van der Waals surface area contributed by atoms with Gasteiger partial charge in [-0.3, -0.25) is 0 Å². The fourth-order valence-corrected chi connectivity index (χ4v) is 2.70. The van der Waals surface area contributed by atoms with Crippen molar-refractivity contribution in [3.8, 4) is 0 Å². The van der Waals surface area contributed by atoms with E-state index in [1.165, 1.54) is 18.2 Å². The molecule has 0 saturated heterocycles. The number of nitrogens with one attached hydrogen (secondary N) is 2. The van der Waals surface area contributed by atoms with E-state index in [1.807, 2.05) is 32.9 Å². The first-order chi connectivity index (χ1) is 10.7. The van der Waals surface area contributed by atoms with Crippen molar-refractivity contribution in [2.45, 2.75) is 26.9 Å². The van der Waals surface area contributed by atoms with Crippen LogP contribution in [0.1, 0.15) is 22.3 Å². The van der Waals surface area contributed by atoms with E-state index >= 15 is 0 Å². The van der Waals surface area contributed by atoms with E-state index in [2.05, 4.69) is 10.6 Å². The van der Waals surface area contributed by atoms with Crippen LogP contribution in [0.5, 0.6) is 0 Å². The third-order valence-electron chi connectivity index (χ3n) is 3.40. The molecule has 0 aliphatic carbocycles. The van der Waals surface area contributed by atoms with Gasteiger partial charge >= 0.3 is 6.18 Å². The van der Waals surface area contributed by atoms with E-state index in [0.717, 1.165) is 28.4 Å². The van der Waals surface area contributed by atoms with Crippen molar-refractivity contribution in [2.24, 2.45) is 0 Å². The van der Waals surface area contributed by atoms with Crippen molar-refractivity contribution >= 4 is 28.7 Å². The van der Waals surface area contributed by atoms with Crippen LogP contribution in [0.4, 0.5) is 24.5 Å². The maximum absolute atomic E-state index is 13.0. The zero-order valence-electron chi connectivity index (χ0n) is 13.0. The Morgan fingerprint density at radius 3 is 2.09 bits per heavy atom. The van der Waals surface area contributed by atoms with Gasteiger partial charge in [-0.2, -0.15) is 13.2 Å². The van der Waals surface area contributed by atoms with Crippen molar-refractivity contribution in [1.29, 1.82) is 0 Å². The fourth-order valence-electron chi connectivity index (χ4n) is 2.48. The normalized spacial score (nSPS) is 11.2. The molecule has 23 heavy (non-hydrogen) atoms. The van der Waals surface area contributed by atoms with E-state index in [1.54, 1.807) is 0 Å². The van der Waals surface area contributed by atoms with Gasteiger partial charge in [0.15, 0.2) is 5.11 Å². The molecular weight excluding hydrogens is 321 g/mol. The van der Waals surface area contributed by atoms with Gasteiger partial charge in [-0.15, -0.1) is 0 Å². The summed E-state index contributed by atoms with van der Waals surface area (Å²) in [4.78, 5) is 0. The third kappa shape index (κ3) is 4.22. The first-order valence-corrected chi connectivity index (χ1v) is 7.41. The molecule has 0 atom stereocenters. The van der Waals surface area contributed by atoms with Gasteiger partial charge in [-0.1, -0.05) is 29.8 Å². The van der Waals surface area contributed by atoms with Crippen LogP contribution in [0.15, 0.2) is 36.4 Å². The smallest absolute Gasteiger partial charge is 0.332 e. The lowest BCUT2D eigenvalue weighted by molar-refractivity contribution is -0.136. The molecule has 122 valence electrons. The molecule has 0 fully saturated rings. The van der Waals surface area contributed by atoms with Gasteiger partial charge in [0.05, 0.1) is 11.3 Å². The number of rotatable bonds is 2. The minimum atomic E-state index is -4.44. The highest BCUT2D eigenvalue weighted by molar-refractivity contribution is 7.80. The van der Waals surface area contributed by atoms with Crippen molar-refractivity contribution in [3.05, 3.63) is 58.7 Å². The predicted octanol–water partition coefficient (Wildman–Crippen LogP) is 5.44. The van der Waals surface area contributed by atoms with Gasteiger partial charge in [0.25, 0.3) is 0 Å². The maximum Gasteiger partial charge on any atom is 0.418 e. The summed E-state index contributed by atoms with van der Waals surface area (Å²) >= 11 is 5.16. The number of aryl methyl sites for hydroxylation is 3. The second kappa shape index (κ2) is 6.58. The Morgan fingerprint density at radius 1 is 0.957 bits per heavy atom. The number of thiocarbonyl (C=S) groups is 1. The van der Waals surface area contributed by atoms with Gasteiger partial charge in [-0.05, 0) is 56.2 Å². The van der Waals surface area contributed by atoms with Crippen LogP contribution in [-0.2, 0) is 6.18 Å². The summed E-state index contributed by atoms with van der Waals surface area (Å²) in [6.45, 7) is 5.84. The lowest BCUT2D eigenvalue weighted by atomic mass is 10.1. The number of hydrogen-bond donors (Lipinski definition) is 2. The molecule has 0 aliphatic heterocycles. The highest BCUT2D eigenvalue weighted by Crippen LogP contribution is 2.34. The lowest BCUT2D eigenvalue weighted by Crippen LogP contribution is -2.22. The van der Waals surface area contributed by atoms with Crippen LogP contribution in [0.2, 0.25) is 0 Å². The van der Waals surface area contributed by atoms with Crippen LogP contribution in [0, 0.1) is 20.8 Å². The average molecular weight is 338 g/mol. The van der Waals surface area contributed by atoms with Crippen molar-refractivity contribution in [2.75, 3.05) is 10.6 Å². The molecule has 2 nitrogen and oxygen atoms in total. The van der Waals surface area contributed by atoms with Crippen LogP contribution >= 0.6 is 12.2 Å². The quantitative estimate of drug-likeness (QED) is 0.713. The molecule has 0 spiro atoms. The van der Waals surface area contributed by atoms with Crippen LogP contribution in [0.25, 0.3) is 0 Å². The van der Waals surface area contributed by atoms with E-state index in [0.29, 0.717) is 0 Å². The molecule has 6 heteroatoms. The molecule has 0 amide bonds. The molecule has 0 heterocycles. The van der Waals surface area contributed by atoms with E-state index in [9.17, 15) is 13.2 Å². The number of hydrogen-bond acceptors (Lipinski definition) is 1. The Morgan fingerprint density at radius 2 is 1.52 bits per heavy atom. The summed E-state index contributed by atoms with van der Waals surface area (Å²) < 4.78 is 39.0. The van der Waals surface area contributed by atoms with Crippen molar-refractivity contribution in [3.63, 3.8) is 0 Å². The Bertz CT molecular complexity index is 716. The van der Waals surface area contributed by atoms with Gasteiger partial charge in [0.1, 0.15) is 0 Å². The SMILES string of the molecule is Cc1cc(C)c(NC(=S)Nc2ccccc2C(F)(F)F)c(C)c1. The first-order valence-electron chi connectivity index (χ1n) is 7.00. The van der Waals surface area contributed by atoms with Gasteiger partial charge in [0, 0.05) is 5.69 Å². The summed E-state index contributed by atoms with van der Waals surface area (Å²) in [6, 6.07) is 9.23. The number of anilines is 2. The van der Waals surface area contributed by atoms with Gasteiger partial charge < -0.3 is 10.6 Å². The second-order valence-corrected chi connectivity index (χ2v) is 5.80. The van der Waals surface area contributed by atoms with Crippen LogP contribution < -0.4 is 10.6 Å². The van der Waals surface area contributed by atoms with Crippen LogP contribution in [-0.4, -0.2) is 5.11 Å². The molecule has 0 bridgehead atoms. The minimum absolute atomic E-state index is 0.0695. The summed E-state index contributed by atoms with van der Waals surface area (Å²) in [5, 5.41) is 5.74. The third-order valence-corrected chi connectivity index (χ3v) is 3.60. The number of benzene rings is 2. The topological polar surface area (TPSA) is 24.1 Å². The zero-order valence-corrected chi connectivity index (χ0v) is 13.8. The fraction of sp³-hybridized carbons (Fsp3) is 0.235.